The molecule has 1 aromatic heterocycles. The lowest BCUT2D eigenvalue weighted by Gasteiger charge is -2.13. The maximum atomic E-state index is 10.7. The molecule has 7 heteroatoms. The summed E-state index contributed by atoms with van der Waals surface area (Å²) >= 11 is 1.34. The second kappa shape index (κ2) is 6.45. The van der Waals surface area contributed by atoms with E-state index in [4.69, 9.17) is 19.3 Å². The number of aliphatic carboxylic acids is 1. The number of hydrogen-bond acceptors (Lipinski definition) is 6. The van der Waals surface area contributed by atoms with Gasteiger partial charge in [0.1, 0.15) is 22.3 Å². The van der Waals surface area contributed by atoms with E-state index in [9.17, 15) is 4.79 Å². The number of aromatic nitrogens is 1. The third-order valence-corrected chi connectivity index (χ3v) is 3.72. The normalized spacial score (nSPS) is 10.2. The molecule has 112 valence electrons. The van der Waals surface area contributed by atoms with Crippen LogP contribution in [0.1, 0.15) is 5.69 Å². The zero-order valence-corrected chi connectivity index (χ0v) is 12.7. The highest BCUT2D eigenvalue weighted by Gasteiger charge is 2.18. The largest absolute Gasteiger partial charge is 0.496 e. The lowest BCUT2D eigenvalue weighted by molar-refractivity contribution is -0.136. The fraction of sp³-hybridized carbons (Fsp3) is 0.286. The molecule has 0 aliphatic carbocycles. The maximum absolute atomic E-state index is 10.7. The van der Waals surface area contributed by atoms with Crippen molar-refractivity contribution in [2.45, 2.75) is 6.42 Å². The van der Waals surface area contributed by atoms with Crippen molar-refractivity contribution in [1.29, 1.82) is 0 Å². The average Bonchev–Trinajstić information content (AvgIpc) is 2.92. The highest BCUT2D eigenvalue weighted by molar-refractivity contribution is 7.13. The predicted octanol–water partition coefficient (Wildman–Crippen LogP) is 2.46. The minimum absolute atomic E-state index is 0.114. The summed E-state index contributed by atoms with van der Waals surface area (Å²) in [4.78, 5) is 15.1. The molecule has 0 atom stereocenters. The predicted molar refractivity (Wildman–Crippen MR) is 78.5 cm³/mol. The molecule has 0 saturated carbocycles. The molecule has 6 nitrogen and oxygen atoms in total. The Labute approximate surface area is 125 Å². The first-order chi connectivity index (χ1) is 10.1. The number of carboxylic acid groups (broad SMARTS) is 1. The van der Waals surface area contributed by atoms with Gasteiger partial charge in [-0.15, -0.1) is 11.3 Å². The Bertz CT molecular complexity index is 628. The van der Waals surface area contributed by atoms with Gasteiger partial charge in [-0.1, -0.05) is 0 Å². The minimum atomic E-state index is -0.916. The van der Waals surface area contributed by atoms with Crippen LogP contribution < -0.4 is 14.2 Å². The van der Waals surface area contributed by atoms with Crippen molar-refractivity contribution >= 4 is 17.3 Å². The first-order valence-corrected chi connectivity index (χ1v) is 6.93. The van der Waals surface area contributed by atoms with Crippen LogP contribution in [0, 0.1) is 0 Å². The van der Waals surface area contributed by atoms with Crippen molar-refractivity contribution in [2.24, 2.45) is 0 Å². The molecular formula is C14H15NO5S. The Hall–Kier alpha value is -2.28. The van der Waals surface area contributed by atoms with Gasteiger partial charge in [-0.05, 0) is 0 Å². The van der Waals surface area contributed by atoms with Crippen molar-refractivity contribution in [3.8, 4) is 27.8 Å². The second-order valence-corrected chi connectivity index (χ2v) is 4.98. The summed E-state index contributed by atoms with van der Waals surface area (Å²) in [7, 11) is 4.65. The minimum Gasteiger partial charge on any atom is -0.496 e. The zero-order valence-electron chi connectivity index (χ0n) is 11.9. The van der Waals surface area contributed by atoms with Crippen molar-refractivity contribution in [2.75, 3.05) is 21.3 Å². The van der Waals surface area contributed by atoms with Gasteiger partial charge in [-0.2, -0.15) is 0 Å². The molecule has 0 aliphatic heterocycles. The fourth-order valence-corrected chi connectivity index (χ4v) is 2.75. The number of carbonyl (C=O) groups is 1. The highest BCUT2D eigenvalue weighted by Crippen LogP contribution is 2.42. The number of hydrogen-bond donors (Lipinski definition) is 1. The molecule has 1 aromatic carbocycles. The lowest BCUT2D eigenvalue weighted by atomic mass is 10.1. The van der Waals surface area contributed by atoms with Crippen molar-refractivity contribution in [3.63, 3.8) is 0 Å². The van der Waals surface area contributed by atoms with E-state index in [0.717, 1.165) is 0 Å². The van der Waals surface area contributed by atoms with Gasteiger partial charge < -0.3 is 19.3 Å². The Morgan fingerprint density at radius 1 is 1.19 bits per heavy atom. The van der Waals surface area contributed by atoms with Gasteiger partial charge in [-0.25, -0.2) is 4.98 Å². The molecule has 0 bridgehead atoms. The van der Waals surface area contributed by atoms with Gasteiger partial charge in [-0.3, -0.25) is 4.79 Å². The van der Waals surface area contributed by atoms with E-state index >= 15 is 0 Å². The van der Waals surface area contributed by atoms with Crippen LogP contribution in [0.5, 0.6) is 17.2 Å². The average molecular weight is 309 g/mol. The summed E-state index contributed by atoms with van der Waals surface area (Å²) in [6, 6.07) is 3.46. The molecule has 0 radical (unpaired) electrons. The molecular weight excluding hydrogens is 294 g/mol. The monoisotopic (exact) mass is 309 g/mol. The number of ether oxygens (including phenoxy) is 3. The van der Waals surface area contributed by atoms with E-state index in [1.165, 1.54) is 11.3 Å². The van der Waals surface area contributed by atoms with E-state index in [2.05, 4.69) is 4.98 Å². The third-order valence-electron chi connectivity index (χ3n) is 2.81. The first-order valence-electron chi connectivity index (χ1n) is 6.05. The summed E-state index contributed by atoms with van der Waals surface area (Å²) in [6.07, 6.45) is -0.114. The van der Waals surface area contributed by atoms with Gasteiger partial charge in [0.15, 0.2) is 0 Å². The summed E-state index contributed by atoms with van der Waals surface area (Å²) in [5, 5.41) is 11.2. The number of carboxylic acids is 1. The molecule has 0 fully saturated rings. The van der Waals surface area contributed by atoms with Gasteiger partial charge >= 0.3 is 5.97 Å². The van der Waals surface area contributed by atoms with Crippen LogP contribution in [0.25, 0.3) is 10.6 Å². The molecule has 1 heterocycles. The Morgan fingerprint density at radius 2 is 1.81 bits per heavy atom. The van der Waals surface area contributed by atoms with Crippen LogP contribution in [0.2, 0.25) is 0 Å². The molecule has 0 amide bonds. The number of nitrogens with zero attached hydrogens (tertiary/aromatic N) is 1. The number of rotatable bonds is 6. The molecule has 2 rings (SSSR count). The summed E-state index contributed by atoms with van der Waals surface area (Å²) < 4.78 is 15.9. The first kappa shape index (κ1) is 15.1. The van der Waals surface area contributed by atoms with Crippen LogP contribution >= 0.6 is 11.3 Å². The smallest absolute Gasteiger partial charge is 0.309 e. The molecule has 0 saturated heterocycles. The molecule has 2 aromatic rings. The van der Waals surface area contributed by atoms with Crippen molar-refractivity contribution < 1.29 is 24.1 Å². The van der Waals surface area contributed by atoms with E-state index in [1.807, 2.05) is 0 Å². The van der Waals surface area contributed by atoms with E-state index in [1.54, 1.807) is 38.8 Å². The van der Waals surface area contributed by atoms with E-state index < -0.39 is 5.97 Å². The molecule has 21 heavy (non-hydrogen) atoms. The molecule has 1 N–H and O–H groups in total. The Kier molecular flexibility index (Phi) is 4.64. The number of thiazole rings is 1. The standard InChI is InChI=1S/C14H15NO5S/c1-18-9-5-10(19-2)13(11(6-9)20-3)14-15-8(7-21-14)4-12(16)17/h5-7H,4H2,1-3H3,(H,16,17). The van der Waals surface area contributed by atoms with Crippen LogP contribution in [-0.2, 0) is 11.2 Å². The third kappa shape index (κ3) is 3.25. The number of methoxy groups -OCH3 is 3. The van der Waals surface area contributed by atoms with E-state index in [-0.39, 0.29) is 6.42 Å². The molecule has 0 aliphatic rings. The van der Waals surface area contributed by atoms with E-state index in [0.29, 0.717) is 33.5 Å². The van der Waals surface area contributed by atoms with Gasteiger partial charge in [0, 0.05) is 17.5 Å². The maximum Gasteiger partial charge on any atom is 0.309 e. The van der Waals surface area contributed by atoms with Gasteiger partial charge in [0.2, 0.25) is 0 Å². The van der Waals surface area contributed by atoms with Crippen LogP contribution in [0.3, 0.4) is 0 Å². The summed E-state index contributed by atoms with van der Waals surface area (Å²) in [5.41, 5.74) is 1.19. The Morgan fingerprint density at radius 3 is 2.29 bits per heavy atom. The topological polar surface area (TPSA) is 77.9 Å². The quantitative estimate of drug-likeness (QED) is 0.883. The SMILES string of the molecule is COc1cc(OC)c(-c2nc(CC(=O)O)cs2)c(OC)c1. The summed E-state index contributed by atoms with van der Waals surface area (Å²) in [5.74, 6) is 0.806. The van der Waals surface area contributed by atoms with Crippen LogP contribution in [0.15, 0.2) is 17.5 Å². The highest BCUT2D eigenvalue weighted by atomic mass is 32.1. The second-order valence-electron chi connectivity index (χ2n) is 4.12. The van der Waals surface area contributed by atoms with Crippen LogP contribution in [-0.4, -0.2) is 37.4 Å². The number of benzene rings is 1. The van der Waals surface area contributed by atoms with Gasteiger partial charge in [0.05, 0.1) is 39.0 Å². The van der Waals surface area contributed by atoms with Crippen LogP contribution in [0.4, 0.5) is 0 Å². The molecule has 0 spiro atoms. The van der Waals surface area contributed by atoms with Crippen molar-refractivity contribution in [3.05, 3.63) is 23.2 Å². The van der Waals surface area contributed by atoms with Gasteiger partial charge in [0.25, 0.3) is 0 Å². The summed E-state index contributed by atoms with van der Waals surface area (Å²) in [6.45, 7) is 0. The molecule has 0 unspecified atom stereocenters. The Balaban J connectivity index is 2.51. The lowest BCUT2D eigenvalue weighted by Crippen LogP contribution is -2.00. The zero-order chi connectivity index (χ0) is 15.4. The van der Waals surface area contributed by atoms with Crippen molar-refractivity contribution in [1.82, 2.24) is 4.98 Å². The fourth-order valence-electron chi connectivity index (χ4n) is 1.87.